The van der Waals surface area contributed by atoms with Crippen molar-refractivity contribution in [3.8, 4) is 0 Å². The molecule has 0 unspecified atom stereocenters. The van der Waals surface area contributed by atoms with Crippen LogP contribution in [0.4, 0.5) is 13.2 Å². The molecule has 1 aliphatic rings. The van der Waals surface area contributed by atoms with E-state index in [1.165, 1.54) is 28.4 Å². The molecule has 2 aromatic rings. The van der Waals surface area contributed by atoms with Crippen LogP contribution in [0.3, 0.4) is 0 Å². The third kappa shape index (κ3) is 6.06. The molecule has 1 aromatic carbocycles. The van der Waals surface area contributed by atoms with E-state index in [9.17, 15) is 27.6 Å². The van der Waals surface area contributed by atoms with E-state index < -0.39 is 11.7 Å². The molecule has 0 radical (unpaired) electrons. The third-order valence-corrected chi connectivity index (χ3v) is 5.70. The first-order valence-electron chi connectivity index (χ1n) is 9.80. The lowest BCUT2D eigenvalue weighted by atomic mass is 10.1. The Hall–Kier alpha value is -2.88. The molecule has 10 heteroatoms. The van der Waals surface area contributed by atoms with Gasteiger partial charge >= 0.3 is 6.18 Å². The summed E-state index contributed by atoms with van der Waals surface area (Å²) in [5, 5.41) is 6.35. The van der Waals surface area contributed by atoms with Crippen molar-refractivity contribution in [3.63, 3.8) is 0 Å². The fraction of sp³-hybridized carbons (Fsp3) is 0.381. The van der Waals surface area contributed by atoms with Crippen molar-refractivity contribution in [2.45, 2.75) is 19.0 Å². The van der Waals surface area contributed by atoms with Gasteiger partial charge in [0.05, 0.1) is 5.56 Å². The standard InChI is InChI=1S/C21H22F3N3O3S/c22-21(23,24)17-5-3-15(4-6-17)20(30)27-11-9-26(10-12-27)18(28)2-1-8-25-19(29)16-7-13-31-14-16/h3-7,13-14H,1-2,8-12H2,(H,25,29). The SMILES string of the molecule is O=C(NCCCC(=O)N1CCN(C(=O)c2ccc(C(F)(F)F)cc2)CC1)c1ccsc1. The predicted octanol–water partition coefficient (Wildman–Crippen LogP) is 3.26. The van der Waals surface area contributed by atoms with E-state index in [1.54, 1.807) is 16.3 Å². The van der Waals surface area contributed by atoms with E-state index in [0.29, 0.717) is 44.7 Å². The summed E-state index contributed by atoms with van der Waals surface area (Å²) < 4.78 is 38.0. The van der Waals surface area contributed by atoms with Gasteiger partial charge in [-0.25, -0.2) is 0 Å². The summed E-state index contributed by atoms with van der Waals surface area (Å²) in [6, 6.07) is 5.87. The molecule has 1 saturated heterocycles. The second-order valence-corrected chi connectivity index (χ2v) is 7.90. The maximum atomic E-state index is 12.7. The first-order valence-corrected chi connectivity index (χ1v) is 10.7. The highest BCUT2D eigenvalue weighted by atomic mass is 32.1. The Morgan fingerprint density at radius 1 is 0.935 bits per heavy atom. The molecule has 0 spiro atoms. The number of hydrogen-bond acceptors (Lipinski definition) is 4. The second-order valence-electron chi connectivity index (χ2n) is 7.12. The average molecular weight is 453 g/mol. The zero-order valence-electron chi connectivity index (χ0n) is 16.7. The average Bonchev–Trinajstić information content (AvgIpc) is 3.30. The zero-order valence-corrected chi connectivity index (χ0v) is 17.5. The molecule has 1 aromatic heterocycles. The maximum absolute atomic E-state index is 12.7. The van der Waals surface area contributed by atoms with Crippen LogP contribution in [0.2, 0.25) is 0 Å². The van der Waals surface area contributed by atoms with E-state index >= 15 is 0 Å². The summed E-state index contributed by atoms with van der Waals surface area (Å²) in [4.78, 5) is 39.9. The van der Waals surface area contributed by atoms with Gasteiger partial charge in [-0.1, -0.05) is 0 Å². The van der Waals surface area contributed by atoms with Crippen molar-refractivity contribution in [2.24, 2.45) is 0 Å². The van der Waals surface area contributed by atoms with Crippen molar-refractivity contribution in [2.75, 3.05) is 32.7 Å². The topological polar surface area (TPSA) is 69.7 Å². The number of hydrogen-bond donors (Lipinski definition) is 1. The van der Waals surface area contributed by atoms with Crippen LogP contribution in [0.5, 0.6) is 0 Å². The first-order chi connectivity index (χ1) is 14.8. The van der Waals surface area contributed by atoms with Gasteiger partial charge in [-0.05, 0) is 42.1 Å². The van der Waals surface area contributed by atoms with Crippen LogP contribution in [-0.4, -0.2) is 60.2 Å². The normalized spacial score (nSPS) is 14.4. The van der Waals surface area contributed by atoms with Gasteiger partial charge in [-0.3, -0.25) is 14.4 Å². The van der Waals surface area contributed by atoms with Crippen molar-refractivity contribution < 1.29 is 27.6 Å². The van der Waals surface area contributed by atoms with Crippen LogP contribution in [-0.2, 0) is 11.0 Å². The Morgan fingerprint density at radius 3 is 2.16 bits per heavy atom. The summed E-state index contributed by atoms with van der Waals surface area (Å²) in [5.74, 6) is -0.563. The van der Waals surface area contributed by atoms with Crippen LogP contribution in [0.25, 0.3) is 0 Å². The molecule has 0 aliphatic carbocycles. The summed E-state index contributed by atoms with van der Waals surface area (Å²) in [7, 11) is 0. The summed E-state index contributed by atoms with van der Waals surface area (Å²) >= 11 is 1.44. The molecule has 2 heterocycles. The van der Waals surface area contributed by atoms with Gasteiger partial charge in [0.25, 0.3) is 11.8 Å². The van der Waals surface area contributed by atoms with E-state index in [4.69, 9.17) is 0 Å². The molecular weight excluding hydrogens is 431 g/mol. The van der Waals surface area contributed by atoms with Gasteiger partial charge in [0.15, 0.2) is 0 Å². The highest BCUT2D eigenvalue weighted by Crippen LogP contribution is 2.29. The molecule has 3 rings (SSSR count). The third-order valence-electron chi connectivity index (χ3n) is 5.02. The van der Waals surface area contributed by atoms with E-state index in [2.05, 4.69) is 5.32 Å². The van der Waals surface area contributed by atoms with Crippen molar-refractivity contribution in [1.82, 2.24) is 15.1 Å². The highest BCUT2D eigenvalue weighted by molar-refractivity contribution is 7.08. The maximum Gasteiger partial charge on any atom is 0.416 e. The fourth-order valence-electron chi connectivity index (χ4n) is 3.24. The van der Waals surface area contributed by atoms with E-state index in [-0.39, 0.29) is 29.7 Å². The Kier molecular flexibility index (Phi) is 7.32. The van der Waals surface area contributed by atoms with Gasteiger partial charge in [0.1, 0.15) is 0 Å². The highest BCUT2D eigenvalue weighted by Gasteiger charge is 2.31. The van der Waals surface area contributed by atoms with Crippen molar-refractivity contribution >= 4 is 29.1 Å². The molecule has 1 N–H and O–H groups in total. The quantitative estimate of drug-likeness (QED) is 0.683. The van der Waals surface area contributed by atoms with Crippen LogP contribution in [0, 0.1) is 0 Å². The van der Waals surface area contributed by atoms with Crippen molar-refractivity contribution in [3.05, 3.63) is 57.8 Å². The van der Waals surface area contributed by atoms with Crippen molar-refractivity contribution in [1.29, 1.82) is 0 Å². The minimum atomic E-state index is -4.44. The molecule has 166 valence electrons. The van der Waals surface area contributed by atoms with Gasteiger partial charge in [-0.2, -0.15) is 24.5 Å². The lowest BCUT2D eigenvalue weighted by molar-refractivity contribution is -0.137. The Morgan fingerprint density at radius 2 is 1.58 bits per heavy atom. The molecule has 6 nitrogen and oxygen atoms in total. The number of carbonyl (C=O) groups is 3. The van der Waals surface area contributed by atoms with Gasteiger partial charge < -0.3 is 15.1 Å². The van der Waals surface area contributed by atoms with E-state index in [0.717, 1.165) is 12.1 Å². The molecule has 0 saturated carbocycles. The number of piperazine rings is 1. The van der Waals surface area contributed by atoms with Crippen LogP contribution in [0.1, 0.15) is 39.1 Å². The molecule has 0 atom stereocenters. The number of rotatable bonds is 6. The molecule has 1 aliphatic heterocycles. The summed E-state index contributed by atoms with van der Waals surface area (Å²) in [6.07, 6.45) is -3.64. The van der Waals surface area contributed by atoms with E-state index in [1.807, 2.05) is 5.38 Å². The molecule has 3 amide bonds. The van der Waals surface area contributed by atoms with Gasteiger partial charge in [0, 0.05) is 55.7 Å². The lowest BCUT2D eigenvalue weighted by Crippen LogP contribution is -2.50. The van der Waals surface area contributed by atoms with Gasteiger partial charge in [-0.15, -0.1) is 0 Å². The Balaban J connectivity index is 1.40. The Bertz CT molecular complexity index is 906. The molecular formula is C21H22F3N3O3S. The minimum Gasteiger partial charge on any atom is -0.352 e. The molecule has 0 bridgehead atoms. The second kappa shape index (κ2) is 9.95. The van der Waals surface area contributed by atoms with Crippen LogP contribution < -0.4 is 5.32 Å². The predicted molar refractivity (Wildman–Crippen MR) is 110 cm³/mol. The molecule has 1 fully saturated rings. The summed E-state index contributed by atoms with van der Waals surface area (Å²) in [5.41, 5.74) is -0.00900. The minimum absolute atomic E-state index is 0.0496. The number of thiophene rings is 1. The number of halogens is 3. The lowest BCUT2D eigenvalue weighted by Gasteiger charge is -2.35. The zero-order chi connectivity index (χ0) is 22.4. The number of nitrogens with one attached hydrogen (secondary N) is 1. The smallest absolute Gasteiger partial charge is 0.352 e. The number of alkyl halides is 3. The number of nitrogens with zero attached hydrogens (tertiary/aromatic N) is 2. The fourth-order valence-corrected chi connectivity index (χ4v) is 3.87. The largest absolute Gasteiger partial charge is 0.416 e. The monoisotopic (exact) mass is 453 g/mol. The first kappa shape index (κ1) is 22.8. The molecule has 31 heavy (non-hydrogen) atoms. The Labute approximate surface area is 181 Å². The van der Waals surface area contributed by atoms with Crippen LogP contribution >= 0.6 is 11.3 Å². The summed E-state index contributed by atoms with van der Waals surface area (Å²) in [6.45, 7) is 1.77. The van der Waals surface area contributed by atoms with Crippen LogP contribution in [0.15, 0.2) is 41.1 Å². The number of benzene rings is 1. The number of amides is 3. The van der Waals surface area contributed by atoms with Gasteiger partial charge in [0.2, 0.25) is 5.91 Å². The number of carbonyl (C=O) groups excluding carboxylic acids is 3.